The van der Waals surface area contributed by atoms with Crippen LogP contribution in [0.3, 0.4) is 0 Å². The summed E-state index contributed by atoms with van der Waals surface area (Å²) in [5.41, 5.74) is 0.528. The first-order chi connectivity index (χ1) is 19.3. The molecular weight excluding hydrogens is 580 g/mol. The van der Waals surface area contributed by atoms with E-state index in [1.54, 1.807) is 24.3 Å². The predicted molar refractivity (Wildman–Crippen MR) is 148 cm³/mol. The summed E-state index contributed by atoms with van der Waals surface area (Å²) in [7, 11) is 0. The third-order valence-corrected chi connectivity index (χ3v) is 4.99. The number of hydrogen-bond donors (Lipinski definition) is 0. The van der Waals surface area contributed by atoms with Crippen LogP contribution in [0.2, 0.25) is 0 Å². The van der Waals surface area contributed by atoms with Gasteiger partial charge < -0.3 is 47.4 Å². The molecule has 0 bridgehead atoms. The van der Waals surface area contributed by atoms with Gasteiger partial charge in [0.1, 0.15) is 6.61 Å². The molecule has 1 aromatic carbocycles. The molecule has 0 aliphatic rings. The highest BCUT2D eigenvalue weighted by Gasteiger charge is 2.05. The summed E-state index contributed by atoms with van der Waals surface area (Å²) in [5.74, 6) is -0.354. The number of alkyl halides is 1. The van der Waals surface area contributed by atoms with Gasteiger partial charge in [0.05, 0.1) is 124 Å². The van der Waals surface area contributed by atoms with Crippen molar-refractivity contribution in [2.45, 2.75) is 0 Å². The Bertz CT molecular complexity index is 639. The van der Waals surface area contributed by atoms with E-state index in [9.17, 15) is 4.79 Å². The second kappa shape index (κ2) is 29.8. The van der Waals surface area contributed by atoms with E-state index in [0.717, 1.165) is 5.33 Å². The molecule has 1 aromatic rings. The number of rotatable bonds is 30. The molecule has 12 heteroatoms. The Morgan fingerprint density at radius 1 is 0.436 bits per heavy atom. The standard InChI is InChI=1S/C27H45BrO11/c28-6-7-30-8-9-31-10-11-32-12-13-33-14-15-34-16-17-35-18-19-36-20-21-37-22-23-38-24-25-39-27(29)26-4-2-1-3-5-26/h1-5H,6-25H2. The Morgan fingerprint density at radius 3 is 1.03 bits per heavy atom. The van der Waals surface area contributed by atoms with Crippen molar-refractivity contribution in [3.8, 4) is 0 Å². The summed E-state index contributed by atoms with van der Waals surface area (Å²) in [5, 5.41) is 0.835. The first-order valence-corrected chi connectivity index (χ1v) is 14.4. The minimum absolute atomic E-state index is 0.206. The fraction of sp³-hybridized carbons (Fsp3) is 0.741. The maximum Gasteiger partial charge on any atom is 0.338 e. The Labute approximate surface area is 240 Å². The van der Waals surface area contributed by atoms with Gasteiger partial charge in [0.15, 0.2) is 0 Å². The highest BCUT2D eigenvalue weighted by Crippen LogP contribution is 2.00. The van der Waals surface area contributed by atoms with Crippen LogP contribution >= 0.6 is 15.9 Å². The summed E-state index contributed by atoms with van der Waals surface area (Å²) in [6.45, 7) is 9.39. The van der Waals surface area contributed by atoms with Crippen molar-refractivity contribution in [2.24, 2.45) is 0 Å². The molecular formula is C27H45BrO11. The number of hydrogen-bond acceptors (Lipinski definition) is 11. The molecule has 226 valence electrons. The largest absolute Gasteiger partial charge is 0.460 e. The Kier molecular flexibility index (Phi) is 27.4. The van der Waals surface area contributed by atoms with Crippen molar-refractivity contribution >= 4 is 21.9 Å². The fourth-order valence-electron chi connectivity index (χ4n) is 2.77. The average Bonchev–Trinajstić information content (AvgIpc) is 2.96. The zero-order chi connectivity index (χ0) is 27.9. The minimum Gasteiger partial charge on any atom is -0.460 e. The second-order valence-corrected chi connectivity index (χ2v) is 8.50. The normalized spacial score (nSPS) is 11.2. The lowest BCUT2D eigenvalue weighted by atomic mass is 10.2. The SMILES string of the molecule is O=C(OCCOCCOCCOCCOCCOCCOCCOCCOCCOCCBr)c1ccccc1. The van der Waals surface area contributed by atoms with Crippen molar-refractivity contribution in [1.29, 1.82) is 0 Å². The van der Waals surface area contributed by atoms with Gasteiger partial charge in [0.2, 0.25) is 0 Å². The zero-order valence-electron chi connectivity index (χ0n) is 22.9. The lowest BCUT2D eigenvalue weighted by Crippen LogP contribution is -2.15. The summed E-state index contributed by atoms with van der Waals surface area (Å²) in [6, 6.07) is 8.85. The third kappa shape index (κ3) is 25.5. The highest BCUT2D eigenvalue weighted by atomic mass is 79.9. The molecule has 39 heavy (non-hydrogen) atoms. The van der Waals surface area contributed by atoms with Crippen molar-refractivity contribution in [3.63, 3.8) is 0 Å². The van der Waals surface area contributed by atoms with Gasteiger partial charge in [-0.15, -0.1) is 0 Å². The van der Waals surface area contributed by atoms with Crippen molar-refractivity contribution in [2.75, 3.05) is 131 Å². The molecule has 0 atom stereocenters. The smallest absolute Gasteiger partial charge is 0.338 e. The molecule has 0 heterocycles. The van der Waals surface area contributed by atoms with E-state index in [1.165, 1.54) is 0 Å². The van der Waals surface area contributed by atoms with Crippen LogP contribution in [-0.2, 0) is 47.4 Å². The lowest BCUT2D eigenvalue weighted by Gasteiger charge is -2.09. The first-order valence-electron chi connectivity index (χ1n) is 13.3. The van der Waals surface area contributed by atoms with E-state index in [4.69, 9.17) is 47.4 Å². The fourth-order valence-corrected chi connectivity index (χ4v) is 3.00. The van der Waals surface area contributed by atoms with Gasteiger partial charge in [-0.25, -0.2) is 4.79 Å². The Morgan fingerprint density at radius 2 is 0.718 bits per heavy atom. The molecule has 0 aliphatic carbocycles. The van der Waals surface area contributed by atoms with Crippen LogP contribution in [0.4, 0.5) is 0 Å². The summed E-state index contributed by atoms with van der Waals surface area (Å²) in [6.07, 6.45) is 0. The molecule has 0 spiro atoms. The zero-order valence-corrected chi connectivity index (χ0v) is 24.5. The Balaban J connectivity index is 1.65. The third-order valence-electron chi connectivity index (χ3n) is 4.67. The van der Waals surface area contributed by atoms with Crippen LogP contribution < -0.4 is 0 Å². The molecule has 0 unspecified atom stereocenters. The molecule has 0 N–H and O–H groups in total. The lowest BCUT2D eigenvalue weighted by molar-refractivity contribution is -0.0257. The van der Waals surface area contributed by atoms with Crippen LogP contribution in [0.25, 0.3) is 0 Å². The maximum absolute atomic E-state index is 11.8. The quantitative estimate of drug-likeness (QED) is 0.0715. The van der Waals surface area contributed by atoms with Crippen molar-refractivity contribution < 1.29 is 52.2 Å². The number of ether oxygens (including phenoxy) is 10. The topological polar surface area (TPSA) is 109 Å². The van der Waals surface area contributed by atoms with Crippen LogP contribution in [0.15, 0.2) is 30.3 Å². The maximum atomic E-state index is 11.8. The van der Waals surface area contributed by atoms with E-state index in [0.29, 0.717) is 124 Å². The van der Waals surface area contributed by atoms with E-state index < -0.39 is 0 Å². The van der Waals surface area contributed by atoms with Gasteiger partial charge in [-0.1, -0.05) is 34.1 Å². The van der Waals surface area contributed by atoms with Crippen LogP contribution in [0, 0.1) is 0 Å². The summed E-state index contributed by atoms with van der Waals surface area (Å²) < 4.78 is 53.8. The number of carbonyl (C=O) groups is 1. The van der Waals surface area contributed by atoms with Gasteiger partial charge in [-0.05, 0) is 12.1 Å². The molecule has 0 saturated carbocycles. The molecule has 0 aromatic heterocycles. The molecule has 0 aliphatic heterocycles. The number of esters is 1. The Hall–Kier alpha value is -1.19. The van der Waals surface area contributed by atoms with Gasteiger partial charge in [-0.3, -0.25) is 0 Å². The van der Waals surface area contributed by atoms with Crippen LogP contribution in [0.1, 0.15) is 10.4 Å². The molecule has 11 nitrogen and oxygen atoms in total. The predicted octanol–water partition coefficient (Wildman–Crippen LogP) is 2.39. The highest BCUT2D eigenvalue weighted by molar-refractivity contribution is 9.09. The summed E-state index contributed by atoms with van der Waals surface area (Å²) in [4.78, 5) is 11.8. The van der Waals surface area contributed by atoms with E-state index in [2.05, 4.69) is 15.9 Å². The molecule has 0 saturated heterocycles. The molecule has 1 rings (SSSR count). The van der Waals surface area contributed by atoms with E-state index in [1.807, 2.05) is 6.07 Å². The number of benzene rings is 1. The van der Waals surface area contributed by atoms with Crippen molar-refractivity contribution in [1.82, 2.24) is 0 Å². The van der Waals surface area contributed by atoms with E-state index in [-0.39, 0.29) is 12.6 Å². The summed E-state index contributed by atoms with van der Waals surface area (Å²) >= 11 is 3.29. The minimum atomic E-state index is -0.354. The van der Waals surface area contributed by atoms with Gasteiger partial charge in [-0.2, -0.15) is 0 Å². The molecule has 0 amide bonds. The van der Waals surface area contributed by atoms with Gasteiger partial charge in [0.25, 0.3) is 0 Å². The average molecular weight is 626 g/mol. The molecule has 0 radical (unpaired) electrons. The molecule has 0 fully saturated rings. The number of halogens is 1. The second-order valence-electron chi connectivity index (χ2n) is 7.70. The van der Waals surface area contributed by atoms with Crippen molar-refractivity contribution in [3.05, 3.63) is 35.9 Å². The number of carbonyl (C=O) groups excluding carboxylic acids is 1. The first kappa shape index (κ1) is 35.8. The van der Waals surface area contributed by atoms with Gasteiger partial charge in [0, 0.05) is 5.33 Å². The van der Waals surface area contributed by atoms with Gasteiger partial charge >= 0.3 is 5.97 Å². The van der Waals surface area contributed by atoms with Crippen LogP contribution in [-0.4, -0.2) is 137 Å². The van der Waals surface area contributed by atoms with Crippen LogP contribution in [0.5, 0.6) is 0 Å². The monoisotopic (exact) mass is 624 g/mol. The van der Waals surface area contributed by atoms with E-state index >= 15 is 0 Å².